The normalized spacial score (nSPS) is 14.9. The van der Waals surface area contributed by atoms with Gasteiger partial charge in [-0.3, -0.25) is 15.0 Å². The number of hydrogen-bond donors (Lipinski definition) is 1. The minimum atomic E-state index is -0.433. The lowest BCUT2D eigenvalue weighted by molar-refractivity contribution is -0.384. The molecular formula is C11H13BrN4O2. The Labute approximate surface area is 113 Å². The summed E-state index contributed by atoms with van der Waals surface area (Å²) < 4.78 is 0.600. The van der Waals surface area contributed by atoms with Gasteiger partial charge < -0.3 is 5.32 Å². The van der Waals surface area contributed by atoms with Crippen molar-refractivity contribution in [2.45, 2.75) is 0 Å². The van der Waals surface area contributed by atoms with E-state index in [9.17, 15) is 10.1 Å². The first-order valence-electron chi connectivity index (χ1n) is 5.58. The van der Waals surface area contributed by atoms with E-state index >= 15 is 0 Å². The summed E-state index contributed by atoms with van der Waals surface area (Å²) in [6, 6.07) is 1.45. The van der Waals surface area contributed by atoms with Gasteiger partial charge in [-0.2, -0.15) is 0 Å². The standard InChI is InChI=1S/C11H13BrN4O2/c12-9-7-10(16(17)18)11(14-8-9)13-3-6-15-4-1-2-5-15/h1-2,7-8H,3-6H2,(H,13,14). The minimum Gasteiger partial charge on any atom is -0.363 e. The van der Waals surface area contributed by atoms with Crippen LogP contribution in [-0.4, -0.2) is 41.0 Å². The van der Waals surface area contributed by atoms with E-state index in [1.165, 1.54) is 6.07 Å². The van der Waals surface area contributed by atoms with Gasteiger partial charge in [0.25, 0.3) is 0 Å². The molecule has 18 heavy (non-hydrogen) atoms. The third-order valence-electron chi connectivity index (χ3n) is 2.65. The van der Waals surface area contributed by atoms with Crippen molar-refractivity contribution in [1.29, 1.82) is 0 Å². The van der Waals surface area contributed by atoms with Crippen molar-refractivity contribution in [3.05, 3.63) is 39.0 Å². The Hall–Kier alpha value is -1.47. The molecule has 7 heteroatoms. The molecule has 0 saturated heterocycles. The first-order valence-corrected chi connectivity index (χ1v) is 6.37. The Morgan fingerprint density at radius 1 is 1.50 bits per heavy atom. The molecule has 1 aliphatic heterocycles. The van der Waals surface area contributed by atoms with Crippen LogP contribution in [0.1, 0.15) is 0 Å². The first kappa shape index (κ1) is 13.0. The molecule has 0 atom stereocenters. The molecule has 0 unspecified atom stereocenters. The molecule has 0 radical (unpaired) electrons. The molecule has 6 nitrogen and oxygen atoms in total. The van der Waals surface area contributed by atoms with Crippen LogP contribution in [-0.2, 0) is 0 Å². The van der Waals surface area contributed by atoms with E-state index in [0.29, 0.717) is 16.8 Å². The molecule has 2 rings (SSSR count). The van der Waals surface area contributed by atoms with Gasteiger partial charge in [0.15, 0.2) is 0 Å². The van der Waals surface area contributed by atoms with Gasteiger partial charge in [0, 0.05) is 42.9 Å². The molecule has 1 N–H and O–H groups in total. The highest BCUT2D eigenvalue weighted by molar-refractivity contribution is 9.10. The Balaban J connectivity index is 1.93. The summed E-state index contributed by atoms with van der Waals surface area (Å²) >= 11 is 3.18. The van der Waals surface area contributed by atoms with Crippen LogP contribution in [0.4, 0.5) is 11.5 Å². The van der Waals surface area contributed by atoms with Crippen molar-refractivity contribution in [3.8, 4) is 0 Å². The van der Waals surface area contributed by atoms with Crippen molar-refractivity contribution in [1.82, 2.24) is 9.88 Å². The number of halogens is 1. The van der Waals surface area contributed by atoms with Crippen molar-refractivity contribution < 1.29 is 4.92 Å². The molecule has 0 bridgehead atoms. The average molecular weight is 313 g/mol. The number of aromatic nitrogens is 1. The summed E-state index contributed by atoms with van der Waals surface area (Å²) in [4.78, 5) is 16.7. The maximum Gasteiger partial charge on any atom is 0.312 e. The van der Waals surface area contributed by atoms with Crippen LogP contribution < -0.4 is 5.32 Å². The fraction of sp³-hybridized carbons (Fsp3) is 0.364. The fourth-order valence-electron chi connectivity index (χ4n) is 1.74. The predicted octanol–water partition coefficient (Wildman–Crippen LogP) is 2.04. The zero-order valence-corrected chi connectivity index (χ0v) is 11.3. The monoisotopic (exact) mass is 312 g/mol. The van der Waals surface area contributed by atoms with Gasteiger partial charge in [0.2, 0.25) is 5.82 Å². The number of rotatable bonds is 5. The van der Waals surface area contributed by atoms with Gasteiger partial charge >= 0.3 is 5.69 Å². The van der Waals surface area contributed by atoms with Crippen molar-refractivity contribution in [3.63, 3.8) is 0 Å². The molecule has 0 spiro atoms. The van der Waals surface area contributed by atoms with E-state index < -0.39 is 4.92 Å². The number of pyridine rings is 1. The van der Waals surface area contributed by atoms with Gasteiger partial charge in [-0.1, -0.05) is 12.2 Å². The molecule has 96 valence electrons. The van der Waals surface area contributed by atoms with Crippen LogP contribution in [0.25, 0.3) is 0 Å². The Kier molecular flexibility index (Phi) is 4.27. The molecule has 1 aromatic rings. The summed E-state index contributed by atoms with van der Waals surface area (Å²) in [7, 11) is 0. The lowest BCUT2D eigenvalue weighted by atomic mass is 10.4. The molecule has 0 amide bonds. The van der Waals surface area contributed by atoms with Gasteiger partial charge in [-0.15, -0.1) is 0 Å². The summed E-state index contributed by atoms with van der Waals surface area (Å²) in [6.07, 6.45) is 5.77. The Bertz CT molecular complexity index is 470. The Morgan fingerprint density at radius 3 is 2.89 bits per heavy atom. The van der Waals surface area contributed by atoms with E-state index in [2.05, 4.69) is 43.3 Å². The summed E-state index contributed by atoms with van der Waals surface area (Å²) in [5, 5.41) is 13.9. The molecule has 2 heterocycles. The molecule has 1 aromatic heterocycles. The van der Waals surface area contributed by atoms with E-state index in [4.69, 9.17) is 0 Å². The number of nitrogens with zero attached hydrogens (tertiary/aromatic N) is 3. The first-order chi connectivity index (χ1) is 8.66. The van der Waals surface area contributed by atoms with Crippen LogP contribution in [0.5, 0.6) is 0 Å². The number of anilines is 1. The van der Waals surface area contributed by atoms with Crippen LogP contribution in [0, 0.1) is 10.1 Å². The molecule has 0 aliphatic carbocycles. The number of nitro groups is 1. The van der Waals surface area contributed by atoms with Crippen LogP contribution in [0.15, 0.2) is 28.9 Å². The van der Waals surface area contributed by atoms with E-state index in [-0.39, 0.29) is 5.69 Å². The maximum atomic E-state index is 10.9. The fourth-order valence-corrected chi connectivity index (χ4v) is 2.06. The number of hydrogen-bond acceptors (Lipinski definition) is 5. The highest BCUT2D eigenvalue weighted by Gasteiger charge is 2.15. The van der Waals surface area contributed by atoms with Crippen molar-refractivity contribution >= 4 is 27.4 Å². The van der Waals surface area contributed by atoms with E-state index in [1.54, 1.807) is 6.20 Å². The van der Waals surface area contributed by atoms with Gasteiger partial charge in [0.1, 0.15) is 0 Å². The van der Waals surface area contributed by atoms with Crippen LogP contribution in [0.2, 0.25) is 0 Å². The zero-order valence-electron chi connectivity index (χ0n) is 9.67. The van der Waals surface area contributed by atoms with Gasteiger partial charge in [0.05, 0.1) is 4.92 Å². The molecular weight excluding hydrogens is 300 g/mol. The largest absolute Gasteiger partial charge is 0.363 e. The van der Waals surface area contributed by atoms with Gasteiger partial charge in [-0.25, -0.2) is 4.98 Å². The van der Waals surface area contributed by atoms with Crippen molar-refractivity contribution in [2.75, 3.05) is 31.5 Å². The Morgan fingerprint density at radius 2 is 2.22 bits per heavy atom. The molecule has 1 aliphatic rings. The maximum absolute atomic E-state index is 10.9. The second kappa shape index (κ2) is 5.92. The highest BCUT2D eigenvalue weighted by Crippen LogP contribution is 2.24. The topological polar surface area (TPSA) is 71.3 Å². The average Bonchev–Trinajstić information content (AvgIpc) is 2.84. The quantitative estimate of drug-likeness (QED) is 0.512. The summed E-state index contributed by atoms with van der Waals surface area (Å²) in [5.74, 6) is 0.315. The lowest BCUT2D eigenvalue weighted by Gasteiger charge is -2.15. The second-order valence-electron chi connectivity index (χ2n) is 3.94. The zero-order chi connectivity index (χ0) is 13.0. The van der Waals surface area contributed by atoms with E-state index in [1.807, 2.05) is 0 Å². The third kappa shape index (κ3) is 3.27. The SMILES string of the molecule is O=[N+]([O-])c1cc(Br)cnc1NCCN1CC=CC1. The second-order valence-corrected chi connectivity index (χ2v) is 4.85. The molecule has 0 aromatic carbocycles. The number of nitrogens with one attached hydrogen (secondary N) is 1. The van der Waals surface area contributed by atoms with Crippen LogP contribution >= 0.6 is 15.9 Å². The predicted molar refractivity (Wildman–Crippen MR) is 72.7 cm³/mol. The lowest BCUT2D eigenvalue weighted by Crippen LogP contribution is -2.26. The third-order valence-corrected chi connectivity index (χ3v) is 3.08. The van der Waals surface area contributed by atoms with E-state index in [0.717, 1.165) is 19.6 Å². The van der Waals surface area contributed by atoms with Gasteiger partial charge in [-0.05, 0) is 15.9 Å². The summed E-state index contributed by atoms with van der Waals surface area (Å²) in [5.41, 5.74) is -0.0103. The van der Waals surface area contributed by atoms with Crippen LogP contribution in [0.3, 0.4) is 0 Å². The molecule has 0 fully saturated rings. The molecule has 0 saturated carbocycles. The van der Waals surface area contributed by atoms with Crippen molar-refractivity contribution in [2.24, 2.45) is 0 Å². The summed E-state index contributed by atoms with van der Waals surface area (Å²) in [6.45, 7) is 3.36. The smallest absolute Gasteiger partial charge is 0.312 e. The minimum absolute atomic E-state index is 0.0103. The highest BCUT2D eigenvalue weighted by atomic mass is 79.9.